The number of likely N-dealkylation sites (tertiary alicyclic amines) is 1. The van der Waals surface area contributed by atoms with E-state index >= 15 is 0 Å². The Labute approximate surface area is 147 Å². The second kappa shape index (κ2) is 7.40. The van der Waals surface area contributed by atoms with Crippen LogP contribution in [0, 0.1) is 17.7 Å². The smallest absolute Gasteiger partial charge is 0.248 e. The molecule has 0 aliphatic carbocycles. The first-order chi connectivity index (χ1) is 12.2. The highest BCUT2D eigenvalue weighted by molar-refractivity contribution is 5.75. The molecule has 1 amide bonds. The van der Waals surface area contributed by atoms with E-state index in [2.05, 4.69) is 4.90 Å². The molecule has 3 fully saturated rings. The molecular formula is C19H25FN2O3. The molecule has 0 spiro atoms. The first-order valence-electron chi connectivity index (χ1n) is 9.21. The topological polar surface area (TPSA) is 42.0 Å². The molecule has 4 rings (SSSR count). The average molecular weight is 348 g/mol. The molecule has 3 aliphatic rings. The van der Waals surface area contributed by atoms with E-state index in [-0.39, 0.29) is 17.8 Å². The lowest BCUT2D eigenvalue weighted by Gasteiger charge is -2.35. The molecule has 5 nitrogen and oxygen atoms in total. The highest BCUT2D eigenvalue weighted by Crippen LogP contribution is 2.36. The SMILES string of the molecule is O=C(C[C@H]1OC[C@H]2CN(Cc3ccccc3F)CC[C@H]21)N1CCCO1. The summed E-state index contributed by atoms with van der Waals surface area (Å²) in [6.45, 7) is 4.48. The number of halogens is 1. The van der Waals surface area contributed by atoms with Gasteiger partial charge in [-0.2, -0.15) is 0 Å². The van der Waals surface area contributed by atoms with E-state index in [9.17, 15) is 9.18 Å². The Morgan fingerprint density at radius 3 is 2.96 bits per heavy atom. The van der Waals surface area contributed by atoms with Crippen LogP contribution in [0.3, 0.4) is 0 Å². The molecule has 0 unspecified atom stereocenters. The number of amides is 1. The highest BCUT2D eigenvalue weighted by Gasteiger charge is 2.42. The number of hydrogen-bond acceptors (Lipinski definition) is 4. The minimum atomic E-state index is -0.138. The van der Waals surface area contributed by atoms with Crippen LogP contribution in [0.5, 0.6) is 0 Å². The van der Waals surface area contributed by atoms with Gasteiger partial charge in [-0.25, -0.2) is 9.45 Å². The molecule has 3 atom stereocenters. The molecule has 3 heterocycles. The van der Waals surface area contributed by atoms with Crippen molar-refractivity contribution in [2.45, 2.75) is 31.9 Å². The van der Waals surface area contributed by atoms with E-state index in [1.165, 1.54) is 11.1 Å². The minimum absolute atomic E-state index is 0.00249. The van der Waals surface area contributed by atoms with Crippen LogP contribution in [0.15, 0.2) is 24.3 Å². The van der Waals surface area contributed by atoms with Gasteiger partial charge in [-0.1, -0.05) is 18.2 Å². The van der Waals surface area contributed by atoms with Gasteiger partial charge >= 0.3 is 0 Å². The summed E-state index contributed by atoms with van der Waals surface area (Å²) in [5.74, 6) is 0.750. The summed E-state index contributed by atoms with van der Waals surface area (Å²) in [4.78, 5) is 19.9. The fourth-order valence-corrected chi connectivity index (χ4v) is 4.30. The standard InChI is InChI=1S/C19H25FN2O3/c20-17-5-2-1-4-14(17)11-21-8-6-16-15(12-21)13-24-18(16)10-19(23)22-7-3-9-25-22/h1-2,4-5,15-16,18H,3,6-13H2/t15-,16-,18-/m1/s1. The number of hydrogen-bond donors (Lipinski definition) is 0. The van der Waals surface area contributed by atoms with Gasteiger partial charge in [0.1, 0.15) is 5.82 Å². The van der Waals surface area contributed by atoms with Crippen LogP contribution in [-0.2, 0) is 20.9 Å². The summed E-state index contributed by atoms with van der Waals surface area (Å²) < 4.78 is 19.8. The van der Waals surface area contributed by atoms with Crippen LogP contribution in [0.1, 0.15) is 24.8 Å². The molecule has 1 aromatic carbocycles. The van der Waals surface area contributed by atoms with Crippen LogP contribution in [0.2, 0.25) is 0 Å². The molecule has 0 bridgehead atoms. The lowest BCUT2D eigenvalue weighted by atomic mass is 9.83. The van der Waals surface area contributed by atoms with E-state index in [1.807, 2.05) is 12.1 Å². The first-order valence-corrected chi connectivity index (χ1v) is 9.21. The van der Waals surface area contributed by atoms with E-state index in [0.717, 1.165) is 31.5 Å². The lowest BCUT2D eigenvalue weighted by molar-refractivity contribution is -0.171. The number of rotatable bonds is 4. The van der Waals surface area contributed by atoms with Crippen molar-refractivity contribution in [1.82, 2.24) is 9.96 Å². The zero-order chi connectivity index (χ0) is 17.2. The predicted octanol–water partition coefficient (Wildman–Crippen LogP) is 2.22. The zero-order valence-corrected chi connectivity index (χ0v) is 14.4. The van der Waals surface area contributed by atoms with Gasteiger partial charge in [0.2, 0.25) is 5.91 Å². The van der Waals surface area contributed by atoms with Crippen LogP contribution >= 0.6 is 0 Å². The van der Waals surface area contributed by atoms with Crippen molar-refractivity contribution in [3.05, 3.63) is 35.6 Å². The molecule has 0 radical (unpaired) electrons. The molecule has 1 aromatic rings. The summed E-state index contributed by atoms with van der Waals surface area (Å²) in [6.07, 6.45) is 2.32. The summed E-state index contributed by atoms with van der Waals surface area (Å²) >= 11 is 0. The van der Waals surface area contributed by atoms with E-state index in [1.54, 1.807) is 6.07 Å². The molecule has 25 heavy (non-hydrogen) atoms. The van der Waals surface area contributed by atoms with Gasteiger partial charge in [0.25, 0.3) is 0 Å². The van der Waals surface area contributed by atoms with Gasteiger partial charge in [0.05, 0.1) is 32.3 Å². The van der Waals surface area contributed by atoms with Crippen LogP contribution in [0.4, 0.5) is 4.39 Å². The number of hydroxylamine groups is 2. The van der Waals surface area contributed by atoms with E-state index in [0.29, 0.717) is 44.6 Å². The maximum atomic E-state index is 13.9. The van der Waals surface area contributed by atoms with Crippen molar-refractivity contribution in [2.24, 2.45) is 11.8 Å². The Kier molecular flexibility index (Phi) is 5.01. The predicted molar refractivity (Wildman–Crippen MR) is 89.9 cm³/mol. The zero-order valence-electron chi connectivity index (χ0n) is 14.4. The molecule has 136 valence electrons. The Bertz CT molecular complexity index is 620. The number of nitrogens with zero attached hydrogens (tertiary/aromatic N) is 2. The second-order valence-corrected chi connectivity index (χ2v) is 7.30. The third-order valence-electron chi connectivity index (χ3n) is 5.64. The molecule has 3 saturated heterocycles. The largest absolute Gasteiger partial charge is 0.377 e. The number of ether oxygens (including phenoxy) is 1. The monoisotopic (exact) mass is 348 g/mol. The van der Waals surface area contributed by atoms with Crippen molar-refractivity contribution in [3.8, 4) is 0 Å². The highest BCUT2D eigenvalue weighted by atomic mass is 19.1. The van der Waals surface area contributed by atoms with Crippen molar-refractivity contribution in [2.75, 3.05) is 32.8 Å². The van der Waals surface area contributed by atoms with Crippen molar-refractivity contribution < 1.29 is 18.8 Å². The Balaban J connectivity index is 1.31. The van der Waals surface area contributed by atoms with Gasteiger partial charge in [0.15, 0.2) is 0 Å². The molecule has 0 N–H and O–H groups in total. The molecular weight excluding hydrogens is 323 g/mol. The number of benzene rings is 1. The third-order valence-corrected chi connectivity index (χ3v) is 5.64. The van der Waals surface area contributed by atoms with E-state index in [4.69, 9.17) is 9.57 Å². The van der Waals surface area contributed by atoms with Gasteiger partial charge in [-0.3, -0.25) is 14.5 Å². The number of carbonyl (C=O) groups is 1. The summed E-state index contributed by atoms with van der Waals surface area (Å²) in [7, 11) is 0. The Morgan fingerprint density at radius 2 is 2.16 bits per heavy atom. The van der Waals surface area contributed by atoms with Gasteiger partial charge in [-0.15, -0.1) is 0 Å². The second-order valence-electron chi connectivity index (χ2n) is 7.30. The van der Waals surface area contributed by atoms with Gasteiger partial charge in [-0.05, 0) is 31.4 Å². The molecule has 3 aliphatic heterocycles. The summed E-state index contributed by atoms with van der Waals surface area (Å²) in [5, 5.41) is 1.49. The lowest BCUT2D eigenvalue weighted by Crippen LogP contribution is -2.42. The summed E-state index contributed by atoms with van der Waals surface area (Å²) in [6, 6.07) is 6.97. The fraction of sp³-hybridized carbons (Fsp3) is 0.632. The fourth-order valence-electron chi connectivity index (χ4n) is 4.30. The maximum absolute atomic E-state index is 13.9. The quantitative estimate of drug-likeness (QED) is 0.837. The maximum Gasteiger partial charge on any atom is 0.248 e. The van der Waals surface area contributed by atoms with Crippen LogP contribution < -0.4 is 0 Å². The van der Waals surface area contributed by atoms with Crippen LogP contribution in [0.25, 0.3) is 0 Å². The minimum Gasteiger partial charge on any atom is -0.377 e. The number of piperidine rings is 1. The van der Waals surface area contributed by atoms with Gasteiger partial charge in [0, 0.05) is 24.6 Å². The Hall–Kier alpha value is -1.50. The van der Waals surface area contributed by atoms with Crippen LogP contribution in [-0.4, -0.2) is 54.8 Å². The molecule has 6 heteroatoms. The first kappa shape index (κ1) is 16.9. The van der Waals surface area contributed by atoms with Crippen molar-refractivity contribution >= 4 is 5.91 Å². The molecule has 0 saturated carbocycles. The normalized spacial score (nSPS) is 29.8. The molecule has 0 aromatic heterocycles. The summed E-state index contributed by atoms with van der Waals surface area (Å²) in [5.41, 5.74) is 0.748. The number of carbonyl (C=O) groups excluding carboxylic acids is 1. The third kappa shape index (κ3) is 3.71. The van der Waals surface area contributed by atoms with Crippen molar-refractivity contribution in [3.63, 3.8) is 0 Å². The van der Waals surface area contributed by atoms with Gasteiger partial charge < -0.3 is 4.74 Å². The van der Waals surface area contributed by atoms with E-state index < -0.39 is 0 Å². The Morgan fingerprint density at radius 1 is 1.28 bits per heavy atom. The van der Waals surface area contributed by atoms with Crippen molar-refractivity contribution in [1.29, 1.82) is 0 Å². The number of fused-ring (bicyclic) bond motifs is 1. The average Bonchev–Trinajstić information content (AvgIpc) is 3.27.